The van der Waals surface area contributed by atoms with Crippen molar-refractivity contribution >= 4 is 15.9 Å². The minimum absolute atomic E-state index is 0.175. The van der Waals surface area contributed by atoms with Crippen LogP contribution in [0.2, 0.25) is 0 Å². The number of hydrogen-bond acceptors (Lipinski definition) is 1. The molecule has 0 aromatic rings. The van der Waals surface area contributed by atoms with Crippen LogP contribution in [0.4, 0.5) is 0 Å². The van der Waals surface area contributed by atoms with Gasteiger partial charge >= 0.3 is 0 Å². The van der Waals surface area contributed by atoms with Gasteiger partial charge in [-0.2, -0.15) is 0 Å². The van der Waals surface area contributed by atoms with E-state index in [1.807, 2.05) is 0 Å². The Morgan fingerprint density at radius 1 is 1.80 bits per heavy atom. The van der Waals surface area contributed by atoms with E-state index < -0.39 is 0 Å². The van der Waals surface area contributed by atoms with Crippen LogP contribution in [0, 0.1) is 5.92 Å². The number of ether oxygens (including phenoxy) is 1. The lowest BCUT2D eigenvalue weighted by molar-refractivity contribution is 0.255. The summed E-state index contributed by atoms with van der Waals surface area (Å²) in [6, 6.07) is 0. The molecule has 1 fully saturated rings. The Bertz CT molecular complexity index is 178. The van der Waals surface area contributed by atoms with Gasteiger partial charge in [-0.1, -0.05) is 35.0 Å². The highest BCUT2D eigenvalue weighted by Crippen LogP contribution is 2.49. The van der Waals surface area contributed by atoms with Crippen LogP contribution in [-0.4, -0.2) is 17.0 Å². The van der Waals surface area contributed by atoms with Crippen molar-refractivity contribution in [2.24, 2.45) is 5.92 Å². The average molecular weight is 203 g/mol. The molecule has 10 heavy (non-hydrogen) atoms. The van der Waals surface area contributed by atoms with Crippen molar-refractivity contribution < 1.29 is 4.74 Å². The summed E-state index contributed by atoms with van der Waals surface area (Å²) >= 11 is 3.49. The summed E-state index contributed by atoms with van der Waals surface area (Å²) in [5.74, 6) is 0.682. The van der Waals surface area contributed by atoms with Crippen molar-refractivity contribution in [3.8, 4) is 0 Å². The Hall–Kier alpha value is 0.180. The van der Waals surface area contributed by atoms with Gasteiger partial charge in [0.2, 0.25) is 0 Å². The van der Waals surface area contributed by atoms with Crippen molar-refractivity contribution in [1.29, 1.82) is 0 Å². The number of epoxide rings is 1. The third-order valence-electron chi connectivity index (χ3n) is 2.61. The molecule has 1 nitrogen and oxygen atoms in total. The fraction of sp³-hybridized carbons (Fsp3) is 0.750. The molecular weight excluding hydrogens is 192 g/mol. The maximum absolute atomic E-state index is 5.59. The minimum atomic E-state index is 0.175. The Kier molecular flexibility index (Phi) is 1.43. The smallest absolute Gasteiger partial charge is 0.111 e. The van der Waals surface area contributed by atoms with Gasteiger partial charge in [-0.15, -0.1) is 0 Å². The van der Waals surface area contributed by atoms with E-state index in [-0.39, 0.29) is 5.60 Å². The molecule has 0 N–H and O–H groups in total. The van der Waals surface area contributed by atoms with Gasteiger partial charge in [0.15, 0.2) is 0 Å². The molecule has 1 heterocycles. The Morgan fingerprint density at radius 2 is 2.60 bits per heavy atom. The van der Waals surface area contributed by atoms with Crippen molar-refractivity contribution in [3.63, 3.8) is 0 Å². The second-order valence-corrected chi connectivity index (χ2v) is 3.75. The zero-order chi connectivity index (χ0) is 7.19. The molecule has 1 aliphatic heterocycles. The normalized spacial score (nSPS) is 50.6. The molecule has 56 valence electrons. The van der Waals surface area contributed by atoms with Crippen LogP contribution >= 0.6 is 15.9 Å². The maximum atomic E-state index is 5.59. The highest BCUT2D eigenvalue weighted by Gasteiger charge is 2.58. The maximum Gasteiger partial charge on any atom is 0.111 e. The van der Waals surface area contributed by atoms with E-state index in [2.05, 4.69) is 35.0 Å². The predicted molar refractivity (Wildman–Crippen MR) is 44.3 cm³/mol. The van der Waals surface area contributed by atoms with E-state index in [0.717, 1.165) is 5.33 Å². The molecule has 0 saturated carbocycles. The summed E-state index contributed by atoms with van der Waals surface area (Å²) in [4.78, 5) is 0. The first-order valence-electron chi connectivity index (χ1n) is 3.70. The van der Waals surface area contributed by atoms with Gasteiger partial charge in [0.05, 0.1) is 0 Å². The zero-order valence-electron chi connectivity index (χ0n) is 6.01. The monoisotopic (exact) mass is 202 g/mol. The van der Waals surface area contributed by atoms with Crippen molar-refractivity contribution in [2.45, 2.75) is 25.0 Å². The number of rotatable bonds is 1. The molecule has 3 atom stereocenters. The lowest BCUT2D eigenvalue weighted by Gasteiger charge is -2.18. The van der Waals surface area contributed by atoms with Crippen LogP contribution in [0.25, 0.3) is 0 Å². The van der Waals surface area contributed by atoms with Crippen LogP contribution in [-0.2, 0) is 4.74 Å². The van der Waals surface area contributed by atoms with Gasteiger partial charge in [-0.25, -0.2) is 0 Å². The summed E-state index contributed by atoms with van der Waals surface area (Å²) in [6.07, 6.45) is 5.99. The van der Waals surface area contributed by atoms with Gasteiger partial charge in [0.25, 0.3) is 0 Å². The average Bonchev–Trinajstić information content (AvgIpc) is 2.65. The molecule has 2 rings (SSSR count). The van der Waals surface area contributed by atoms with Gasteiger partial charge < -0.3 is 4.74 Å². The zero-order valence-corrected chi connectivity index (χ0v) is 7.60. The molecule has 1 saturated heterocycles. The van der Waals surface area contributed by atoms with Crippen LogP contribution in [0.15, 0.2) is 12.2 Å². The summed E-state index contributed by atoms with van der Waals surface area (Å²) in [5.41, 5.74) is 0.175. The molecule has 2 heteroatoms. The molecule has 0 bridgehead atoms. The number of fused-ring (bicyclic) bond motifs is 1. The molecule has 0 radical (unpaired) electrons. The molecule has 2 aliphatic rings. The quantitative estimate of drug-likeness (QED) is 0.361. The third-order valence-corrected chi connectivity index (χ3v) is 3.49. The molecule has 0 aromatic carbocycles. The fourth-order valence-electron chi connectivity index (χ4n) is 1.65. The first kappa shape index (κ1) is 6.86. The lowest BCUT2D eigenvalue weighted by Crippen LogP contribution is -2.27. The van der Waals surface area contributed by atoms with E-state index in [0.29, 0.717) is 12.0 Å². The van der Waals surface area contributed by atoms with Gasteiger partial charge in [0.1, 0.15) is 11.7 Å². The van der Waals surface area contributed by atoms with E-state index in [1.165, 1.54) is 6.42 Å². The number of halogens is 1. The van der Waals surface area contributed by atoms with Crippen LogP contribution < -0.4 is 0 Å². The second kappa shape index (κ2) is 2.08. The summed E-state index contributed by atoms with van der Waals surface area (Å²) in [7, 11) is 0. The van der Waals surface area contributed by atoms with Gasteiger partial charge in [0, 0.05) is 5.33 Å². The van der Waals surface area contributed by atoms with Crippen LogP contribution in [0.5, 0.6) is 0 Å². The predicted octanol–water partition coefficient (Wildman–Crippen LogP) is 2.11. The van der Waals surface area contributed by atoms with Crippen LogP contribution in [0.1, 0.15) is 13.3 Å². The van der Waals surface area contributed by atoms with E-state index in [9.17, 15) is 0 Å². The first-order valence-corrected chi connectivity index (χ1v) is 4.82. The summed E-state index contributed by atoms with van der Waals surface area (Å²) in [6.45, 7) is 2.25. The Morgan fingerprint density at radius 3 is 3.10 bits per heavy atom. The highest BCUT2D eigenvalue weighted by molar-refractivity contribution is 9.09. The topological polar surface area (TPSA) is 12.5 Å². The molecule has 1 aliphatic carbocycles. The highest BCUT2D eigenvalue weighted by atomic mass is 79.9. The molecule has 0 unspecified atom stereocenters. The largest absolute Gasteiger partial charge is 0.360 e. The standard InChI is InChI=1S/C8H11BrO/c1-6-3-2-4-7-8(6,5-9)10-7/h2,4,6-7H,3,5H2,1H3/t6-,7-,8+/m0/s1. The molecule has 0 spiro atoms. The Balaban J connectivity index is 2.20. The SMILES string of the molecule is C[C@H]1CC=C[C@@H]2O[C@@]21CBr. The van der Waals surface area contributed by atoms with Gasteiger partial charge in [-0.05, 0) is 12.3 Å². The van der Waals surface area contributed by atoms with Crippen molar-refractivity contribution in [3.05, 3.63) is 12.2 Å². The number of hydrogen-bond donors (Lipinski definition) is 0. The molecule has 0 aromatic heterocycles. The Labute approximate surface area is 69.6 Å². The van der Waals surface area contributed by atoms with Gasteiger partial charge in [-0.3, -0.25) is 0 Å². The number of alkyl halides is 1. The second-order valence-electron chi connectivity index (χ2n) is 3.19. The lowest BCUT2D eigenvalue weighted by atomic mass is 9.86. The van der Waals surface area contributed by atoms with Crippen LogP contribution in [0.3, 0.4) is 0 Å². The molecular formula is C8H11BrO. The third kappa shape index (κ3) is 0.721. The fourth-order valence-corrected chi connectivity index (χ4v) is 2.65. The van der Waals surface area contributed by atoms with Crippen molar-refractivity contribution in [2.75, 3.05) is 5.33 Å². The van der Waals surface area contributed by atoms with E-state index in [1.54, 1.807) is 0 Å². The first-order chi connectivity index (χ1) is 4.79. The van der Waals surface area contributed by atoms with E-state index in [4.69, 9.17) is 4.74 Å². The van der Waals surface area contributed by atoms with Crippen molar-refractivity contribution in [1.82, 2.24) is 0 Å². The van der Waals surface area contributed by atoms with E-state index >= 15 is 0 Å². The molecule has 0 amide bonds. The summed E-state index contributed by atoms with van der Waals surface area (Å²) in [5, 5.41) is 0.982. The number of allylic oxidation sites excluding steroid dienone is 1. The minimum Gasteiger partial charge on any atom is -0.360 e. The summed E-state index contributed by atoms with van der Waals surface area (Å²) < 4.78 is 5.59.